The van der Waals surface area contributed by atoms with Gasteiger partial charge in [0.2, 0.25) is 5.75 Å². The van der Waals surface area contributed by atoms with Gasteiger partial charge < -0.3 is 19.3 Å². The van der Waals surface area contributed by atoms with Crippen molar-refractivity contribution in [2.45, 2.75) is 0 Å². The van der Waals surface area contributed by atoms with E-state index in [1.165, 1.54) is 39.5 Å². The zero-order chi connectivity index (χ0) is 16.8. The van der Waals surface area contributed by atoms with Crippen molar-refractivity contribution < 1.29 is 24.1 Å². The van der Waals surface area contributed by atoms with Gasteiger partial charge >= 0.3 is 0 Å². The second-order valence-electron chi connectivity index (χ2n) is 4.70. The van der Waals surface area contributed by atoms with E-state index < -0.39 is 0 Å². The number of aromatic hydroxyl groups is 1. The quantitative estimate of drug-likeness (QED) is 0.654. The van der Waals surface area contributed by atoms with Crippen LogP contribution >= 0.6 is 0 Å². The van der Waals surface area contributed by atoms with Gasteiger partial charge in [0.05, 0.1) is 21.3 Å². The fourth-order valence-corrected chi connectivity index (χ4v) is 2.09. The minimum absolute atomic E-state index is 0.121. The molecular formula is C18H18O5. The highest BCUT2D eigenvalue weighted by molar-refractivity contribution is 6.06. The van der Waals surface area contributed by atoms with Crippen molar-refractivity contribution in [2.24, 2.45) is 0 Å². The van der Waals surface area contributed by atoms with E-state index >= 15 is 0 Å². The Balaban J connectivity index is 2.28. The molecule has 5 nitrogen and oxygen atoms in total. The van der Waals surface area contributed by atoms with Crippen LogP contribution in [0.1, 0.15) is 15.9 Å². The van der Waals surface area contributed by atoms with Gasteiger partial charge in [-0.05, 0) is 48.0 Å². The summed E-state index contributed by atoms with van der Waals surface area (Å²) in [6.45, 7) is 0. The fourth-order valence-electron chi connectivity index (χ4n) is 2.09. The molecule has 0 saturated heterocycles. The van der Waals surface area contributed by atoms with Crippen molar-refractivity contribution in [3.63, 3.8) is 0 Å². The number of phenolic OH excluding ortho intramolecular Hbond substituents is 1. The third-order valence-corrected chi connectivity index (χ3v) is 3.27. The number of methoxy groups -OCH3 is 3. The van der Waals surface area contributed by atoms with Crippen molar-refractivity contribution in [1.82, 2.24) is 0 Å². The van der Waals surface area contributed by atoms with E-state index in [-0.39, 0.29) is 11.5 Å². The molecule has 1 N–H and O–H groups in total. The zero-order valence-electron chi connectivity index (χ0n) is 13.2. The molecule has 0 radical (unpaired) electrons. The van der Waals surface area contributed by atoms with E-state index in [4.69, 9.17) is 14.2 Å². The Bertz CT molecular complexity index is 692. The summed E-state index contributed by atoms with van der Waals surface area (Å²) in [4.78, 5) is 12.1. The lowest BCUT2D eigenvalue weighted by Gasteiger charge is -2.12. The summed E-state index contributed by atoms with van der Waals surface area (Å²) in [6, 6.07) is 9.58. The average Bonchev–Trinajstić information content (AvgIpc) is 2.59. The average molecular weight is 314 g/mol. The summed E-state index contributed by atoms with van der Waals surface area (Å²) in [7, 11) is 4.60. The maximum Gasteiger partial charge on any atom is 0.203 e. The van der Waals surface area contributed by atoms with Gasteiger partial charge in [-0.1, -0.05) is 6.08 Å². The topological polar surface area (TPSA) is 65.0 Å². The number of benzene rings is 2. The Morgan fingerprint density at radius 3 is 2.00 bits per heavy atom. The van der Waals surface area contributed by atoms with Gasteiger partial charge in [-0.25, -0.2) is 0 Å². The minimum atomic E-state index is -0.168. The standard InChI is InChI=1S/C18H18O5/c1-21-16-10-12(11-17(22-2)18(16)23-3)4-9-15(20)13-5-7-14(19)8-6-13/h4-11,19H,1-3H3/b9-4+. The van der Waals surface area contributed by atoms with Crippen LogP contribution in [0.2, 0.25) is 0 Å². The van der Waals surface area contributed by atoms with Gasteiger partial charge in [0.1, 0.15) is 5.75 Å². The van der Waals surface area contributed by atoms with E-state index in [1.54, 1.807) is 30.3 Å². The van der Waals surface area contributed by atoms with E-state index in [0.29, 0.717) is 22.8 Å². The molecule has 0 amide bonds. The van der Waals surface area contributed by atoms with Gasteiger partial charge in [0, 0.05) is 5.56 Å². The number of carbonyl (C=O) groups excluding carboxylic acids is 1. The molecule has 0 fully saturated rings. The van der Waals surface area contributed by atoms with E-state index in [1.807, 2.05) is 0 Å². The molecule has 0 heterocycles. The number of ether oxygens (including phenoxy) is 3. The third-order valence-electron chi connectivity index (χ3n) is 3.27. The summed E-state index contributed by atoms with van der Waals surface area (Å²) in [6.07, 6.45) is 3.12. The predicted molar refractivity (Wildman–Crippen MR) is 87.6 cm³/mol. The molecule has 5 heteroatoms. The summed E-state index contributed by atoms with van der Waals surface area (Å²) < 4.78 is 15.8. The maximum absolute atomic E-state index is 12.1. The molecule has 0 unspecified atom stereocenters. The molecule has 2 aromatic carbocycles. The van der Waals surface area contributed by atoms with Gasteiger partial charge in [-0.2, -0.15) is 0 Å². The zero-order valence-corrected chi connectivity index (χ0v) is 13.2. The first-order valence-corrected chi connectivity index (χ1v) is 6.90. The van der Waals surface area contributed by atoms with E-state index in [2.05, 4.69) is 0 Å². The van der Waals surface area contributed by atoms with Crippen molar-refractivity contribution in [2.75, 3.05) is 21.3 Å². The number of hydrogen-bond donors (Lipinski definition) is 1. The Morgan fingerprint density at radius 2 is 1.52 bits per heavy atom. The summed E-state index contributed by atoms with van der Waals surface area (Å²) >= 11 is 0. The maximum atomic E-state index is 12.1. The molecule has 120 valence electrons. The normalized spacial score (nSPS) is 10.6. The SMILES string of the molecule is COc1cc(/C=C/C(=O)c2ccc(O)cc2)cc(OC)c1OC. The molecular weight excluding hydrogens is 296 g/mol. The highest BCUT2D eigenvalue weighted by Crippen LogP contribution is 2.38. The van der Waals surface area contributed by atoms with Crippen LogP contribution in [0.15, 0.2) is 42.5 Å². The van der Waals surface area contributed by atoms with Crippen LogP contribution in [0.5, 0.6) is 23.0 Å². The predicted octanol–water partition coefficient (Wildman–Crippen LogP) is 3.31. The van der Waals surface area contributed by atoms with Gasteiger partial charge in [0.15, 0.2) is 17.3 Å². The Labute approximate surface area is 134 Å². The number of hydrogen-bond acceptors (Lipinski definition) is 5. The second kappa shape index (κ2) is 7.35. The number of rotatable bonds is 6. The third kappa shape index (κ3) is 3.83. The van der Waals surface area contributed by atoms with Crippen LogP contribution in [-0.2, 0) is 0 Å². The Morgan fingerprint density at radius 1 is 0.957 bits per heavy atom. The molecule has 23 heavy (non-hydrogen) atoms. The first-order chi connectivity index (χ1) is 11.1. The summed E-state index contributed by atoms with van der Waals surface area (Å²) in [5.74, 6) is 1.48. The number of carbonyl (C=O) groups is 1. The molecule has 0 aliphatic carbocycles. The highest BCUT2D eigenvalue weighted by atomic mass is 16.5. The number of ketones is 1. The summed E-state index contributed by atoms with van der Waals surface area (Å²) in [5, 5.41) is 9.24. The summed E-state index contributed by atoms with van der Waals surface area (Å²) in [5.41, 5.74) is 1.23. The molecule has 0 spiro atoms. The Hall–Kier alpha value is -2.95. The molecule has 2 aromatic rings. The van der Waals surface area contributed by atoms with Crippen LogP contribution in [0.4, 0.5) is 0 Å². The molecule has 0 atom stereocenters. The molecule has 0 aromatic heterocycles. The Kier molecular flexibility index (Phi) is 5.25. The lowest BCUT2D eigenvalue weighted by molar-refractivity contribution is 0.104. The molecule has 2 rings (SSSR count). The largest absolute Gasteiger partial charge is 0.508 e. The van der Waals surface area contributed by atoms with Crippen LogP contribution in [-0.4, -0.2) is 32.2 Å². The van der Waals surface area contributed by atoms with E-state index in [0.717, 1.165) is 5.56 Å². The van der Waals surface area contributed by atoms with Crippen LogP contribution in [0.25, 0.3) is 6.08 Å². The van der Waals surface area contributed by atoms with Crippen LogP contribution in [0, 0.1) is 0 Å². The second-order valence-corrected chi connectivity index (χ2v) is 4.70. The van der Waals surface area contributed by atoms with Gasteiger partial charge in [0.25, 0.3) is 0 Å². The van der Waals surface area contributed by atoms with Crippen molar-refractivity contribution in [1.29, 1.82) is 0 Å². The van der Waals surface area contributed by atoms with E-state index in [9.17, 15) is 9.90 Å². The van der Waals surface area contributed by atoms with Crippen molar-refractivity contribution >= 4 is 11.9 Å². The smallest absolute Gasteiger partial charge is 0.203 e. The molecule has 0 bridgehead atoms. The van der Waals surface area contributed by atoms with Crippen LogP contribution < -0.4 is 14.2 Å². The lowest BCUT2D eigenvalue weighted by Crippen LogP contribution is -1.96. The van der Waals surface area contributed by atoms with Crippen molar-refractivity contribution in [3.05, 3.63) is 53.6 Å². The van der Waals surface area contributed by atoms with Crippen LogP contribution in [0.3, 0.4) is 0 Å². The number of allylic oxidation sites excluding steroid dienone is 1. The lowest BCUT2D eigenvalue weighted by atomic mass is 10.1. The molecule has 0 saturated carbocycles. The van der Waals surface area contributed by atoms with Crippen molar-refractivity contribution in [3.8, 4) is 23.0 Å². The first-order valence-electron chi connectivity index (χ1n) is 6.90. The van der Waals surface area contributed by atoms with Gasteiger partial charge in [-0.15, -0.1) is 0 Å². The molecule has 0 aliphatic rings. The minimum Gasteiger partial charge on any atom is -0.508 e. The highest BCUT2D eigenvalue weighted by Gasteiger charge is 2.12. The monoisotopic (exact) mass is 314 g/mol. The number of phenols is 1. The fraction of sp³-hybridized carbons (Fsp3) is 0.167. The molecule has 0 aliphatic heterocycles. The van der Waals surface area contributed by atoms with Gasteiger partial charge in [-0.3, -0.25) is 4.79 Å². The first kappa shape index (κ1) is 16.4.